The third kappa shape index (κ3) is 4.19. The van der Waals surface area contributed by atoms with Gasteiger partial charge in [0.15, 0.2) is 11.6 Å². The highest BCUT2D eigenvalue weighted by atomic mass is 19.1. The second-order valence-electron chi connectivity index (χ2n) is 4.97. The molecule has 0 aliphatic heterocycles. The first-order valence-electron chi connectivity index (χ1n) is 5.57. The standard InChI is InChI=1S/C13H20FNO/c1-10(2)8-13(3,15)9-16-12-7-5-4-6-11(12)14/h4-7,10H,8-9,15H2,1-3H3/t13-/m0/s1. The van der Waals surface area contributed by atoms with Gasteiger partial charge in [-0.05, 0) is 31.4 Å². The van der Waals surface area contributed by atoms with Crippen LogP contribution in [0, 0.1) is 11.7 Å². The van der Waals surface area contributed by atoms with Crippen molar-refractivity contribution in [3.8, 4) is 5.75 Å². The van der Waals surface area contributed by atoms with E-state index < -0.39 is 5.54 Å². The Labute approximate surface area is 96.6 Å². The first-order chi connectivity index (χ1) is 7.41. The second kappa shape index (κ2) is 5.30. The number of hydrogen-bond donors (Lipinski definition) is 1. The molecule has 2 nitrogen and oxygen atoms in total. The van der Waals surface area contributed by atoms with Gasteiger partial charge in [-0.2, -0.15) is 0 Å². The molecule has 3 heteroatoms. The molecule has 0 spiro atoms. The smallest absolute Gasteiger partial charge is 0.165 e. The van der Waals surface area contributed by atoms with Gasteiger partial charge >= 0.3 is 0 Å². The number of rotatable bonds is 5. The predicted molar refractivity (Wildman–Crippen MR) is 63.9 cm³/mol. The van der Waals surface area contributed by atoms with Gasteiger partial charge in [-0.15, -0.1) is 0 Å². The number of para-hydroxylation sites is 1. The van der Waals surface area contributed by atoms with E-state index >= 15 is 0 Å². The van der Waals surface area contributed by atoms with E-state index in [0.29, 0.717) is 12.5 Å². The Morgan fingerprint density at radius 3 is 2.56 bits per heavy atom. The number of benzene rings is 1. The summed E-state index contributed by atoms with van der Waals surface area (Å²) >= 11 is 0. The summed E-state index contributed by atoms with van der Waals surface area (Å²) in [6.45, 7) is 6.46. The van der Waals surface area contributed by atoms with Crippen LogP contribution in [0.25, 0.3) is 0 Å². The molecule has 1 aromatic rings. The van der Waals surface area contributed by atoms with Crippen LogP contribution in [0.3, 0.4) is 0 Å². The SMILES string of the molecule is CC(C)C[C@](C)(N)COc1ccccc1F. The molecule has 0 aliphatic rings. The van der Waals surface area contributed by atoms with E-state index in [1.165, 1.54) is 6.07 Å². The van der Waals surface area contributed by atoms with Gasteiger partial charge in [0.1, 0.15) is 6.61 Å². The van der Waals surface area contributed by atoms with E-state index in [1.54, 1.807) is 18.2 Å². The summed E-state index contributed by atoms with van der Waals surface area (Å²) in [5, 5.41) is 0. The summed E-state index contributed by atoms with van der Waals surface area (Å²) in [6.07, 6.45) is 0.849. The Hall–Kier alpha value is -1.09. The highest BCUT2D eigenvalue weighted by Gasteiger charge is 2.21. The molecule has 1 rings (SSSR count). The zero-order valence-electron chi connectivity index (χ0n) is 10.2. The lowest BCUT2D eigenvalue weighted by Gasteiger charge is -2.26. The maximum absolute atomic E-state index is 13.3. The fourth-order valence-corrected chi connectivity index (χ4v) is 1.80. The normalized spacial score (nSPS) is 14.9. The summed E-state index contributed by atoms with van der Waals surface area (Å²) in [6, 6.07) is 6.37. The minimum absolute atomic E-state index is 0.267. The van der Waals surface area contributed by atoms with Crippen molar-refractivity contribution in [3.05, 3.63) is 30.1 Å². The van der Waals surface area contributed by atoms with Gasteiger partial charge in [0, 0.05) is 5.54 Å². The molecule has 0 radical (unpaired) electrons. The van der Waals surface area contributed by atoms with Crippen LogP contribution in [-0.4, -0.2) is 12.1 Å². The molecule has 2 N–H and O–H groups in total. The van der Waals surface area contributed by atoms with Crippen LogP contribution >= 0.6 is 0 Å². The Bertz CT molecular complexity index is 336. The van der Waals surface area contributed by atoms with Crippen LogP contribution in [0.1, 0.15) is 27.2 Å². The molecule has 0 fully saturated rings. The second-order valence-corrected chi connectivity index (χ2v) is 4.97. The summed E-state index contributed by atoms with van der Waals surface area (Å²) in [5.41, 5.74) is 5.65. The Morgan fingerprint density at radius 1 is 1.38 bits per heavy atom. The van der Waals surface area contributed by atoms with Crippen molar-refractivity contribution in [2.45, 2.75) is 32.7 Å². The molecule has 1 aromatic carbocycles. The fourth-order valence-electron chi connectivity index (χ4n) is 1.80. The molecule has 0 bridgehead atoms. The van der Waals surface area contributed by atoms with E-state index in [0.717, 1.165) is 6.42 Å². The Balaban J connectivity index is 2.54. The molecule has 16 heavy (non-hydrogen) atoms. The Morgan fingerprint density at radius 2 is 2.00 bits per heavy atom. The van der Waals surface area contributed by atoms with Crippen molar-refractivity contribution in [2.75, 3.05) is 6.61 Å². The highest BCUT2D eigenvalue weighted by Crippen LogP contribution is 2.19. The first-order valence-corrected chi connectivity index (χ1v) is 5.57. The summed E-state index contributed by atoms with van der Waals surface area (Å²) in [7, 11) is 0. The van der Waals surface area contributed by atoms with Crippen molar-refractivity contribution in [1.82, 2.24) is 0 Å². The zero-order chi connectivity index (χ0) is 12.2. The fraction of sp³-hybridized carbons (Fsp3) is 0.538. The third-order valence-corrected chi connectivity index (χ3v) is 2.27. The van der Waals surface area contributed by atoms with Crippen molar-refractivity contribution in [1.29, 1.82) is 0 Å². The minimum atomic E-state index is -0.420. The van der Waals surface area contributed by atoms with Crippen LogP contribution in [-0.2, 0) is 0 Å². The molecule has 0 saturated carbocycles. The maximum atomic E-state index is 13.3. The molecule has 0 aromatic heterocycles. The molecule has 0 unspecified atom stereocenters. The molecule has 0 amide bonds. The van der Waals surface area contributed by atoms with Crippen molar-refractivity contribution in [2.24, 2.45) is 11.7 Å². The van der Waals surface area contributed by atoms with Crippen LogP contribution in [0.4, 0.5) is 4.39 Å². The van der Waals surface area contributed by atoms with Gasteiger partial charge in [0.25, 0.3) is 0 Å². The molecule has 90 valence electrons. The maximum Gasteiger partial charge on any atom is 0.165 e. The minimum Gasteiger partial charge on any atom is -0.489 e. The van der Waals surface area contributed by atoms with Crippen LogP contribution in [0.5, 0.6) is 5.75 Å². The lowest BCUT2D eigenvalue weighted by molar-refractivity contribution is 0.200. The quantitative estimate of drug-likeness (QED) is 0.836. The van der Waals surface area contributed by atoms with Crippen molar-refractivity contribution in [3.63, 3.8) is 0 Å². The van der Waals surface area contributed by atoms with E-state index in [2.05, 4.69) is 13.8 Å². The number of hydrogen-bond acceptors (Lipinski definition) is 2. The first kappa shape index (κ1) is 13.0. The number of halogens is 1. The lowest BCUT2D eigenvalue weighted by atomic mass is 9.93. The highest BCUT2D eigenvalue weighted by molar-refractivity contribution is 5.23. The molecule has 1 atom stereocenters. The molecule has 0 saturated heterocycles. The lowest BCUT2D eigenvalue weighted by Crippen LogP contribution is -2.43. The number of ether oxygens (including phenoxy) is 1. The average Bonchev–Trinajstić information content (AvgIpc) is 2.14. The number of nitrogens with two attached hydrogens (primary N) is 1. The van der Waals surface area contributed by atoms with Crippen LogP contribution in [0.2, 0.25) is 0 Å². The summed E-state index contributed by atoms with van der Waals surface area (Å²) in [5.74, 6) is 0.421. The van der Waals surface area contributed by atoms with Gasteiger partial charge in [0.05, 0.1) is 0 Å². The van der Waals surface area contributed by atoms with Crippen molar-refractivity contribution >= 4 is 0 Å². The molecule has 0 heterocycles. The summed E-state index contributed by atoms with van der Waals surface area (Å²) < 4.78 is 18.7. The summed E-state index contributed by atoms with van der Waals surface area (Å²) in [4.78, 5) is 0. The van der Waals surface area contributed by atoms with E-state index in [-0.39, 0.29) is 11.6 Å². The van der Waals surface area contributed by atoms with Crippen LogP contribution in [0.15, 0.2) is 24.3 Å². The predicted octanol–water partition coefficient (Wildman–Crippen LogP) is 2.97. The van der Waals surface area contributed by atoms with Gasteiger partial charge in [-0.1, -0.05) is 26.0 Å². The van der Waals surface area contributed by atoms with Gasteiger partial charge in [-0.25, -0.2) is 4.39 Å². The monoisotopic (exact) mass is 225 g/mol. The van der Waals surface area contributed by atoms with E-state index in [1.807, 2.05) is 6.92 Å². The van der Waals surface area contributed by atoms with Crippen molar-refractivity contribution < 1.29 is 9.13 Å². The van der Waals surface area contributed by atoms with Gasteiger partial charge in [-0.3, -0.25) is 0 Å². The molecular formula is C13H20FNO. The van der Waals surface area contributed by atoms with Gasteiger partial charge in [0.2, 0.25) is 0 Å². The molecular weight excluding hydrogens is 205 g/mol. The largest absolute Gasteiger partial charge is 0.489 e. The van der Waals surface area contributed by atoms with E-state index in [4.69, 9.17) is 10.5 Å². The third-order valence-electron chi connectivity index (χ3n) is 2.27. The topological polar surface area (TPSA) is 35.2 Å². The Kier molecular flexibility index (Phi) is 4.30. The molecule has 0 aliphatic carbocycles. The van der Waals surface area contributed by atoms with E-state index in [9.17, 15) is 4.39 Å². The van der Waals surface area contributed by atoms with Crippen LogP contribution < -0.4 is 10.5 Å². The average molecular weight is 225 g/mol. The zero-order valence-corrected chi connectivity index (χ0v) is 10.2. The van der Waals surface area contributed by atoms with Gasteiger partial charge < -0.3 is 10.5 Å².